The fourth-order valence-corrected chi connectivity index (χ4v) is 3.41. The van der Waals surface area contributed by atoms with Crippen molar-refractivity contribution >= 4 is 34.2 Å². The zero-order chi connectivity index (χ0) is 17.6. The third kappa shape index (κ3) is 3.85. The second kappa shape index (κ2) is 7.90. The number of anilines is 1. The lowest BCUT2D eigenvalue weighted by molar-refractivity contribution is -0.115. The molecule has 5 nitrogen and oxygen atoms in total. The highest BCUT2D eigenvalue weighted by molar-refractivity contribution is 8.08. The molecule has 1 aliphatic rings. The second-order valence-electron chi connectivity index (χ2n) is 5.21. The maximum absolute atomic E-state index is 12.8. The topological polar surface area (TPSA) is 64.6 Å². The van der Waals surface area contributed by atoms with Gasteiger partial charge in [0.1, 0.15) is 0 Å². The molecule has 0 fully saturated rings. The summed E-state index contributed by atoms with van der Waals surface area (Å²) in [5, 5.41) is 2.76. The molecule has 2 aromatic carbocycles. The van der Waals surface area contributed by atoms with Crippen molar-refractivity contribution in [3.8, 4) is 0 Å². The summed E-state index contributed by atoms with van der Waals surface area (Å²) in [5.41, 5.74) is 1.61. The quantitative estimate of drug-likeness (QED) is 0.850. The highest BCUT2D eigenvalue weighted by Gasteiger charge is 2.24. The number of methoxy groups -OCH3 is 1. The number of benzene rings is 2. The summed E-state index contributed by atoms with van der Waals surface area (Å²) in [6, 6.07) is 16.3. The molecule has 0 radical (unpaired) electrons. The standard InChI is InChI=1S/C19H17NO4S/c1-23-19(22)14-9-5-6-10-15(14)20-18(21)16-17(25-12-11-24-16)13-7-3-2-4-8-13/h2-10H,11-12H2,1H3,(H,20,21). The molecule has 1 amide bonds. The summed E-state index contributed by atoms with van der Waals surface area (Å²) in [4.78, 5) is 25.4. The Labute approximate surface area is 150 Å². The summed E-state index contributed by atoms with van der Waals surface area (Å²) in [7, 11) is 1.30. The van der Waals surface area contributed by atoms with Gasteiger partial charge in [-0.25, -0.2) is 4.79 Å². The van der Waals surface area contributed by atoms with Crippen molar-refractivity contribution in [3.63, 3.8) is 0 Å². The zero-order valence-electron chi connectivity index (χ0n) is 13.7. The second-order valence-corrected chi connectivity index (χ2v) is 6.32. The number of hydrogen-bond acceptors (Lipinski definition) is 5. The van der Waals surface area contributed by atoms with E-state index in [2.05, 4.69) is 5.32 Å². The van der Waals surface area contributed by atoms with Crippen LogP contribution in [0.2, 0.25) is 0 Å². The smallest absolute Gasteiger partial charge is 0.339 e. The molecule has 1 aliphatic heterocycles. The van der Waals surface area contributed by atoms with Crippen molar-refractivity contribution in [2.24, 2.45) is 0 Å². The number of ether oxygens (including phenoxy) is 2. The summed E-state index contributed by atoms with van der Waals surface area (Å²) < 4.78 is 10.4. The van der Waals surface area contributed by atoms with E-state index >= 15 is 0 Å². The summed E-state index contributed by atoms with van der Waals surface area (Å²) in [6.07, 6.45) is 0. The molecule has 1 N–H and O–H groups in total. The zero-order valence-corrected chi connectivity index (χ0v) is 14.5. The van der Waals surface area contributed by atoms with E-state index in [0.29, 0.717) is 17.9 Å². The van der Waals surface area contributed by atoms with Crippen LogP contribution in [0.5, 0.6) is 0 Å². The van der Waals surface area contributed by atoms with Gasteiger partial charge < -0.3 is 14.8 Å². The van der Waals surface area contributed by atoms with E-state index in [1.165, 1.54) is 7.11 Å². The molecule has 0 bridgehead atoms. The number of thioether (sulfide) groups is 1. The van der Waals surface area contributed by atoms with Gasteiger partial charge in [0.15, 0.2) is 5.76 Å². The Hall–Kier alpha value is -2.73. The van der Waals surface area contributed by atoms with Crippen LogP contribution in [0, 0.1) is 0 Å². The van der Waals surface area contributed by atoms with Crippen molar-refractivity contribution in [2.45, 2.75) is 0 Å². The first-order chi connectivity index (χ1) is 12.2. The van der Waals surface area contributed by atoms with E-state index in [9.17, 15) is 9.59 Å². The van der Waals surface area contributed by atoms with Gasteiger partial charge in [0.2, 0.25) is 0 Å². The van der Waals surface area contributed by atoms with Gasteiger partial charge in [-0.05, 0) is 17.7 Å². The van der Waals surface area contributed by atoms with Crippen LogP contribution >= 0.6 is 11.8 Å². The SMILES string of the molecule is COC(=O)c1ccccc1NC(=O)C1=C(c2ccccc2)SCCO1. The number of nitrogens with one attached hydrogen (secondary N) is 1. The van der Waals surface area contributed by atoms with Crippen molar-refractivity contribution in [2.75, 3.05) is 24.8 Å². The number of carbonyl (C=O) groups excluding carboxylic acids is 2. The average Bonchev–Trinajstić information content (AvgIpc) is 2.68. The minimum Gasteiger partial charge on any atom is -0.486 e. The lowest BCUT2D eigenvalue weighted by atomic mass is 10.1. The van der Waals surface area contributed by atoms with Gasteiger partial charge in [-0.3, -0.25) is 4.79 Å². The Balaban J connectivity index is 1.92. The van der Waals surface area contributed by atoms with E-state index in [1.807, 2.05) is 30.3 Å². The first-order valence-corrected chi connectivity index (χ1v) is 8.73. The Morgan fingerprint density at radius 3 is 2.56 bits per heavy atom. The average molecular weight is 355 g/mol. The van der Waals surface area contributed by atoms with Gasteiger partial charge in [-0.15, -0.1) is 11.8 Å². The molecule has 0 saturated heterocycles. The van der Waals surface area contributed by atoms with E-state index in [0.717, 1.165) is 16.2 Å². The minimum atomic E-state index is -0.507. The van der Waals surface area contributed by atoms with E-state index in [4.69, 9.17) is 9.47 Å². The highest BCUT2D eigenvalue weighted by atomic mass is 32.2. The van der Waals surface area contributed by atoms with Crippen LogP contribution in [-0.4, -0.2) is 31.3 Å². The molecule has 6 heteroatoms. The molecule has 0 saturated carbocycles. The molecule has 25 heavy (non-hydrogen) atoms. The van der Waals surface area contributed by atoms with Crippen LogP contribution in [0.4, 0.5) is 5.69 Å². The summed E-state index contributed by atoms with van der Waals surface area (Å²) in [6.45, 7) is 0.461. The Kier molecular flexibility index (Phi) is 5.40. The summed E-state index contributed by atoms with van der Waals surface area (Å²) in [5.74, 6) is 0.149. The lowest BCUT2D eigenvalue weighted by Gasteiger charge is -2.21. The maximum atomic E-state index is 12.8. The Morgan fingerprint density at radius 1 is 1.08 bits per heavy atom. The molecular formula is C19H17NO4S. The molecule has 0 spiro atoms. The van der Waals surface area contributed by atoms with Crippen LogP contribution in [0.15, 0.2) is 60.4 Å². The monoisotopic (exact) mass is 355 g/mol. The molecular weight excluding hydrogens is 338 g/mol. The fraction of sp³-hybridized carbons (Fsp3) is 0.158. The fourth-order valence-electron chi connectivity index (χ4n) is 2.45. The molecule has 1 heterocycles. The third-order valence-electron chi connectivity index (χ3n) is 3.61. The number of carbonyl (C=O) groups is 2. The molecule has 0 aromatic heterocycles. The van der Waals surface area contributed by atoms with Crippen molar-refractivity contribution in [1.82, 2.24) is 0 Å². The lowest BCUT2D eigenvalue weighted by Crippen LogP contribution is -2.22. The van der Waals surface area contributed by atoms with Crippen LogP contribution in [0.3, 0.4) is 0 Å². The first-order valence-electron chi connectivity index (χ1n) is 7.74. The molecule has 2 aromatic rings. The van der Waals surface area contributed by atoms with Crippen molar-refractivity contribution < 1.29 is 19.1 Å². The van der Waals surface area contributed by atoms with Gasteiger partial charge >= 0.3 is 5.97 Å². The molecule has 0 atom stereocenters. The van der Waals surface area contributed by atoms with Crippen LogP contribution in [0.1, 0.15) is 15.9 Å². The molecule has 128 valence electrons. The number of esters is 1. The Bertz CT molecular complexity index is 817. The number of rotatable bonds is 4. The van der Waals surface area contributed by atoms with E-state index in [1.54, 1.807) is 36.0 Å². The number of amides is 1. The Morgan fingerprint density at radius 2 is 1.80 bits per heavy atom. The van der Waals surface area contributed by atoms with Crippen LogP contribution < -0.4 is 5.32 Å². The predicted octanol–water partition coefficient (Wildman–Crippen LogP) is 3.54. The van der Waals surface area contributed by atoms with Crippen molar-refractivity contribution in [1.29, 1.82) is 0 Å². The molecule has 0 unspecified atom stereocenters. The van der Waals surface area contributed by atoms with E-state index < -0.39 is 5.97 Å². The van der Waals surface area contributed by atoms with Gasteiger partial charge in [0.25, 0.3) is 5.91 Å². The number of hydrogen-bond donors (Lipinski definition) is 1. The maximum Gasteiger partial charge on any atom is 0.339 e. The van der Waals surface area contributed by atoms with Gasteiger partial charge in [-0.1, -0.05) is 42.5 Å². The normalized spacial score (nSPS) is 13.8. The largest absolute Gasteiger partial charge is 0.486 e. The number of para-hydroxylation sites is 1. The first kappa shape index (κ1) is 17.1. The predicted molar refractivity (Wildman–Crippen MR) is 98.2 cm³/mol. The van der Waals surface area contributed by atoms with Gasteiger partial charge in [0, 0.05) is 5.75 Å². The molecule has 3 rings (SSSR count). The third-order valence-corrected chi connectivity index (χ3v) is 4.69. The summed E-state index contributed by atoms with van der Waals surface area (Å²) >= 11 is 1.58. The minimum absolute atomic E-state index is 0.266. The highest BCUT2D eigenvalue weighted by Crippen LogP contribution is 2.35. The van der Waals surface area contributed by atoms with Gasteiger partial charge in [0.05, 0.1) is 29.9 Å². The van der Waals surface area contributed by atoms with Gasteiger partial charge in [-0.2, -0.15) is 0 Å². The molecule has 0 aliphatic carbocycles. The van der Waals surface area contributed by atoms with E-state index in [-0.39, 0.29) is 11.7 Å². The van der Waals surface area contributed by atoms with Crippen molar-refractivity contribution in [3.05, 3.63) is 71.5 Å². The van der Waals surface area contributed by atoms with Crippen LogP contribution in [0.25, 0.3) is 4.91 Å². The van der Waals surface area contributed by atoms with Crippen LogP contribution in [-0.2, 0) is 14.3 Å².